The van der Waals surface area contributed by atoms with E-state index in [0.29, 0.717) is 23.8 Å². The highest BCUT2D eigenvalue weighted by Crippen LogP contribution is 2.29. The highest BCUT2D eigenvalue weighted by molar-refractivity contribution is 5.49. The number of rotatable bonds is 4. The van der Waals surface area contributed by atoms with E-state index in [0.717, 1.165) is 18.2 Å². The largest absolute Gasteiger partial charge is 0.435 e. The van der Waals surface area contributed by atoms with E-state index in [2.05, 4.69) is 15.3 Å². The van der Waals surface area contributed by atoms with Gasteiger partial charge in [-0.05, 0) is 32.9 Å². The van der Waals surface area contributed by atoms with Gasteiger partial charge in [-0.25, -0.2) is 13.8 Å². The number of halogens is 2. The third kappa shape index (κ3) is 3.01. The summed E-state index contributed by atoms with van der Waals surface area (Å²) in [6.07, 6.45) is 0. The van der Waals surface area contributed by atoms with E-state index in [9.17, 15) is 8.78 Å². The maximum atomic E-state index is 13.6. The van der Waals surface area contributed by atoms with Crippen molar-refractivity contribution in [2.75, 3.05) is 11.9 Å². The Labute approximate surface area is 115 Å². The molecule has 0 saturated heterocycles. The first-order chi connectivity index (χ1) is 9.51. The van der Waals surface area contributed by atoms with E-state index < -0.39 is 11.6 Å². The van der Waals surface area contributed by atoms with Crippen molar-refractivity contribution in [3.8, 4) is 11.6 Å². The summed E-state index contributed by atoms with van der Waals surface area (Å²) in [5.41, 5.74) is 0.640. The number of hydrogen-bond donors (Lipinski definition) is 1. The molecule has 4 nitrogen and oxygen atoms in total. The second-order valence-electron chi connectivity index (χ2n) is 4.26. The number of anilines is 1. The standard InChI is InChI=1S/C14H15F2N3O/c1-4-17-13-8(2)14(19-9(3)18-13)20-12-7-10(15)5-6-11(12)16/h5-7H,4H2,1-3H3,(H,17,18,19). The van der Waals surface area contributed by atoms with Gasteiger partial charge < -0.3 is 10.1 Å². The van der Waals surface area contributed by atoms with E-state index >= 15 is 0 Å². The number of aromatic nitrogens is 2. The Morgan fingerprint density at radius 3 is 2.65 bits per heavy atom. The predicted molar refractivity (Wildman–Crippen MR) is 72.1 cm³/mol. The van der Waals surface area contributed by atoms with Crippen molar-refractivity contribution in [3.63, 3.8) is 0 Å². The fourth-order valence-corrected chi connectivity index (χ4v) is 1.70. The lowest BCUT2D eigenvalue weighted by Gasteiger charge is -2.13. The minimum Gasteiger partial charge on any atom is -0.435 e. The zero-order valence-corrected chi connectivity index (χ0v) is 11.5. The summed E-state index contributed by atoms with van der Waals surface area (Å²) in [5.74, 6) is -0.111. The predicted octanol–water partition coefficient (Wildman–Crippen LogP) is 3.60. The number of nitrogens with zero attached hydrogens (tertiary/aromatic N) is 2. The summed E-state index contributed by atoms with van der Waals surface area (Å²) in [7, 11) is 0. The van der Waals surface area contributed by atoms with Crippen molar-refractivity contribution >= 4 is 5.82 Å². The van der Waals surface area contributed by atoms with Crippen molar-refractivity contribution in [2.45, 2.75) is 20.8 Å². The summed E-state index contributed by atoms with van der Waals surface area (Å²) in [4.78, 5) is 8.35. The van der Waals surface area contributed by atoms with Crippen molar-refractivity contribution in [3.05, 3.63) is 41.2 Å². The van der Waals surface area contributed by atoms with E-state index in [1.165, 1.54) is 0 Å². The monoisotopic (exact) mass is 279 g/mol. The molecule has 0 aliphatic heterocycles. The molecule has 0 atom stereocenters. The van der Waals surface area contributed by atoms with Crippen molar-refractivity contribution in [1.82, 2.24) is 9.97 Å². The van der Waals surface area contributed by atoms with Gasteiger partial charge in [0, 0.05) is 12.6 Å². The molecule has 6 heteroatoms. The van der Waals surface area contributed by atoms with Gasteiger partial charge in [-0.15, -0.1) is 0 Å². The molecular formula is C14H15F2N3O. The Bertz CT molecular complexity index is 632. The van der Waals surface area contributed by atoms with Crippen LogP contribution in [0.4, 0.5) is 14.6 Å². The van der Waals surface area contributed by atoms with Crippen molar-refractivity contribution in [2.24, 2.45) is 0 Å². The van der Waals surface area contributed by atoms with Crippen LogP contribution in [0.2, 0.25) is 0 Å². The molecule has 0 aliphatic carbocycles. The lowest BCUT2D eigenvalue weighted by molar-refractivity contribution is 0.418. The molecule has 1 aromatic carbocycles. The van der Waals surface area contributed by atoms with Gasteiger partial charge in [0.15, 0.2) is 11.6 Å². The smallest absolute Gasteiger partial charge is 0.227 e. The van der Waals surface area contributed by atoms with Crippen LogP contribution in [0, 0.1) is 25.5 Å². The van der Waals surface area contributed by atoms with E-state index in [1.807, 2.05) is 6.92 Å². The molecule has 106 valence electrons. The molecular weight excluding hydrogens is 264 g/mol. The topological polar surface area (TPSA) is 47.0 Å². The molecule has 1 N–H and O–H groups in total. The molecule has 0 radical (unpaired) electrons. The summed E-state index contributed by atoms with van der Waals surface area (Å²) in [6, 6.07) is 3.03. The summed E-state index contributed by atoms with van der Waals surface area (Å²) >= 11 is 0. The van der Waals surface area contributed by atoms with Gasteiger partial charge in [-0.2, -0.15) is 4.98 Å². The van der Waals surface area contributed by atoms with Crippen molar-refractivity contribution < 1.29 is 13.5 Å². The quantitative estimate of drug-likeness (QED) is 0.929. The SMILES string of the molecule is CCNc1nc(C)nc(Oc2cc(F)ccc2F)c1C. The molecule has 1 aromatic heterocycles. The van der Waals surface area contributed by atoms with E-state index in [4.69, 9.17) is 4.74 Å². The van der Waals surface area contributed by atoms with Crippen LogP contribution in [-0.2, 0) is 0 Å². The molecule has 0 spiro atoms. The van der Waals surface area contributed by atoms with Gasteiger partial charge in [0.2, 0.25) is 5.88 Å². The molecule has 0 fully saturated rings. The lowest BCUT2D eigenvalue weighted by Crippen LogP contribution is -2.06. The maximum Gasteiger partial charge on any atom is 0.227 e. The fraction of sp³-hybridized carbons (Fsp3) is 0.286. The number of nitrogens with one attached hydrogen (secondary N) is 1. The Hall–Kier alpha value is -2.24. The fourth-order valence-electron chi connectivity index (χ4n) is 1.70. The molecule has 0 bridgehead atoms. The zero-order chi connectivity index (χ0) is 14.7. The molecule has 2 rings (SSSR count). The van der Waals surface area contributed by atoms with Gasteiger partial charge in [0.25, 0.3) is 0 Å². The van der Waals surface area contributed by atoms with Gasteiger partial charge in [0.1, 0.15) is 17.5 Å². The average molecular weight is 279 g/mol. The molecule has 20 heavy (non-hydrogen) atoms. The minimum atomic E-state index is -0.646. The van der Waals surface area contributed by atoms with Gasteiger partial charge in [-0.3, -0.25) is 0 Å². The number of aryl methyl sites for hydroxylation is 1. The minimum absolute atomic E-state index is 0.200. The third-order valence-corrected chi connectivity index (χ3v) is 2.66. The van der Waals surface area contributed by atoms with E-state index in [-0.39, 0.29) is 11.6 Å². The Morgan fingerprint density at radius 1 is 1.20 bits per heavy atom. The Balaban J connectivity index is 2.40. The normalized spacial score (nSPS) is 10.4. The van der Waals surface area contributed by atoms with Crippen LogP contribution in [-0.4, -0.2) is 16.5 Å². The van der Waals surface area contributed by atoms with Crippen LogP contribution in [0.3, 0.4) is 0 Å². The number of ether oxygens (including phenoxy) is 1. The Kier molecular flexibility index (Phi) is 4.12. The van der Waals surface area contributed by atoms with Crippen LogP contribution in [0.15, 0.2) is 18.2 Å². The first kappa shape index (κ1) is 14.2. The van der Waals surface area contributed by atoms with Crippen LogP contribution in [0.5, 0.6) is 11.6 Å². The van der Waals surface area contributed by atoms with Crippen LogP contribution < -0.4 is 10.1 Å². The van der Waals surface area contributed by atoms with Crippen molar-refractivity contribution in [1.29, 1.82) is 0 Å². The molecule has 0 unspecified atom stereocenters. The highest BCUT2D eigenvalue weighted by atomic mass is 19.1. The lowest BCUT2D eigenvalue weighted by atomic mass is 10.3. The van der Waals surface area contributed by atoms with E-state index in [1.54, 1.807) is 13.8 Å². The van der Waals surface area contributed by atoms with Gasteiger partial charge in [0.05, 0.1) is 5.56 Å². The molecule has 0 saturated carbocycles. The second-order valence-corrected chi connectivity index (χ2v) is 4.26. The molecule has 1 heterocycles. The van der Waals surface area contributed by atoms with Gasteiger partial charge in [-0.1, -0.05) is 0 Å². The first-order valence-electron chi connectivity index (χ1n) is 6.23. The number of hydrogen-bond acceptors (Lipinski definition) is 4. The second kappa shape index (κ2) is 5.81. The van der Waals surface area contributed by atoms with Gasteiger partial charge >= 0.3 is 0 Å². The third-order valence-electron chi connectivity index (χ3n) is 2.66. The van der Waals surface area contributed by atoms with Crippen LogP contribution in [0.1, 0.15) is 18.3 Å². The molecule has 0 amide bonds. The summed E-state index contributed by atoms with van der Waals surface area (Å²) in [6.45, 7) is 6.08. The van der Waals surface area contributed by atoms with Crippen LogP contribution >= 0.6 is 0 Å². The molecule has 0 aliphatic rings. The highest BCUT2D eigenvalue weighted by Gasteiger charge is 2.13. The Morgan fingerprint density at radius 2 is 1.95 bits per heavy atom. The summed E-state index contributed by atoms with van der Waals surface area (Å²) < 4.78 is 32.1. The molecule has 2 aromatic rings. The number of benzene rings is 1. The first-order valence-corrected chi connectivity index (χ1v) is 6.23. The summed E-state index contributed by atoms with van der Waals surface area (Å²) in [5, 5.41) is 3.07. The maximum absolute atomic E-state index is 13.6. The average Bonchev–Trinajstić information content (AvgIpc) is 2.39. The van der Waals surface area contributed by atoms with Crippen LogP contribution in [0.25, 0.3) is 0 Å². The zero-order valence-electron chi connectivity index (χ0n) is 11.5.